The highest BCUT2D eigenvalue weighted by atomic mass is 16.6. The predicted molar refractivity (Wildman–Crippen MR) is 68.8 cm³/mol. The van der Waals surface area contributed by atoms with E-state index in [-0.39, 0.29) is 0 Å². The van der Waals surface area contributed by atoms with Crippen LogP contribution in [0.5, 0.6) is 0 Å². The zero-order chi connectivity index (χ0) is 12.8. The van der Waals surface area contributed by atoms with Crippen LogP contribution in [-0.2, 0) is 18.9 Å². The highest BCUT2D eigenvalue weighted by molar-refractivity contribution is 4.70. The van der Waals surface area contributed by atoms with Crippen LogP contribution in [0.2, 0.25) is 0 Å². The standard InChI is InChI=1S/C14H26O4/c1-3-12(16-8-14-10-18-14)6-4-5-11(2)15-7-13-9-17-13/h11-14H,3-10H2,1-2H3. The first-order valence-corrected chi connectivity index (χ1v) is 7.24. The smallest absolute Gasteiger partial charge is 0.104 e. The molecule has 4 nitrogen and oxygen atoms in total. The van der Waals surface area contributed by atoms with Crippen LogP contribution in [0.1, 0.15) is 39.5 Å². The van der Waals surface area contributed by atoms with Gasteiger partial charge >= 0.3 is 0 Å². The second kappa shape index (κ2) is 7.43. The van der Waals surface area contributed by atoms with E-state index in [0.29, 0.717) is 24.4 Å². The van der Waals surface area contributed by atoms with Gasteiger partial charge in [-0.05, 0) is 32.6 Å². The van der Waals surface area contributed by atoms with Gasteiger partial charge in [0.15, 0.2) is 0 Å². The maximum absolute atomic E-state index is 5.82. The molecule has 2 rings (SSSR count). The van der Waals surface area contributed by atoms with Gasteiger partial charge in [-0.1, -0.05) is 6.92 Å². The zero-order valence-corrected chi connectivity index (χ0v) is 11.6. The van der Waals surface area contributed by atoms with Crippen LogP contribution in [0.3, 0.4) is 0 Å². The van der Waals surface area contributed by atoms with Gasteiger partial charge in [-0.2, -0.15) is 0 Å². The quantitative estimate of drug-likeness (QED) is 0.533. The van der Waals surface area contributed by atoms with E-state index >= 15 is 0 Å². The van der Waals surface area contributed by atoms with E-state index in [1.807, 2.05) is 0 Å². The van der Waals surface area contributed by atoms with E-state index in [0.717, 1.165) is 52.1 Å². The van der Waals surface area contributed by atoms with E-state index in [1.54, 1.807) is 0 Å². The SMILES string of the molecule is CCC(CCCC(C)OCC1CO1)OCC1CO1. The van der Waals surface area contributed by atoms with Gasteiger partial charge in [-0.25, -0.2) is 0 Å². The number of rotatable bonds is 11. The Balaban J connectivity index is 1.45. The Labute approximate surface area is 110 Å². The summed E-state index contributed by atoms with van der Waals surface area (Å²) in [5, 5.41) is 0. The summed E-state index contributed by atoms with van der Waals surface area (Å²) in [5.41, 5.74) is 0. The van der Waals surface area contributed by atoms with Crippen LogP contribution >= 0.6 is 0 Å². The van der Waals surface area contributed by atoms with Gasteiger partial charge in [-0.15, -0.1) is 0 Å². The second-order valence-electron chi connectivity index (χ2n) is 5.35. The van der Waals surface area contributed by atoms with Crippen molar-refractivity contribution >= 4 is 0 Å². The molecule has 0 aliphatic carbocycles. The molecule has 2 heterocycles. The number of ether oxygens (including phenoxy) is 4. The lowest BCUT2D eigenvalue weighted by Crippen LogP contribution is -2.17. The average Bonchev–Trinajstić information content (AvgIpc) is 3.25. The minimum Gasteiger partial charge on any atom is -0.376 e. The highest BCUT2D eigenvalue weighted by Crippen LogP contribution is 2.16. The molecule has 18 heavy (non-hydrogen) atoms. The first-order chi connectivity index (χ1) is 8.78. The maximum atomic E-state index is 5.82. The number of epoxide rings is 2. The summed E-state index contributed by atoms with van der Waals surface area (Å²) in [7, 11) is 0. The molecular weight excluding hydrogens is 232 g/mol. The Morgan fingerprint density at radius 2 is 1.67 bits per heavy atom. The second-order valence-corrected chi connectivity index (χ2v) is 5.35. The Bertz CT molecular complexity index is 226. The molecule has 0 aromatic carbocycles. The fourth-order valence-electron chi connectivity index (χ4n) is 1.97. The van der Waals surface area contributed by atoms with Gasteiger partial charge in [0.2, 0.25) is 0 Å². The van der Waals surface area contributed by atoms with Crippen molar-refractivity contribution in [1.82, 2.24) is 0 Å². The van der Waals surface area contributed by atoms with Crippen molar-refractivity contribution < 1.29 is 18.9 Å². The molecule has 0 saturated carbocycles. The van der Waals surface area contributed by atoms with Gasteiger partial charge < -0.3 is 18.9 Å². The Kier molecular flexibility index (Phi) is 5.89. The molecule has 2 aliphatic rings. The third kappa shape index (κ3) is 6.14. The van der Waals surface area contributed by atoms with E-state index in [4.69, 9.17) is 18.9 Å². The lowest BCUT2D eigenvalue weighted by atomic mass is 10.1. The zero-order valence-electron chi connectivity index (χ0n) is 11.6. The van der Waals surface area contributed by atoms with Crippen LogP contribution in [-0.4, -0.2) is 50.8 Å². The van der Waals surface area contributed by atoms with E-state index in [2.05, 4.69) is 13.8 Å². The molecule has 2 aliphatic heterocycles. The normalized spacial score (nSPS) is 29.0. The molecule has 0 amide bonds. The van der Waals surface area contributed by atoms with Gasteiger partial charge in [-0.3, -0.25) is 0 Å². The Morgan fingerprint density at radius 1 is 1.06 bits per heavy atom. The molecule has 0 aromatic rings. The third-order valence-corrected chi connectivity index (χ3v) is 3.48. The predicted octanol–water partition coefficient (Wildman–Crippen LogP) is 2.15. The van der Waals surface area contributed by atoms with Crippen molar-refractivity contribution in [2.24, 2.45) is 0 Å². The fraction of sp³-hybridized carbons (Fsp3) is 1.00. The Hall–Kier alpha value is -0.160. The van der Waals surface area contributed by atoms with E-state index < -0.39 is 0 Å². The average molecular weight is 258 g/mol. The molecule has 4 unspecified atom stereocenters. The van der Waals surface area contributed by atoms with Gasteiger partial charge in [0, 0.05) is 0 Å². The van der Waals surface area contributed by atoms with Crippen LogP contribution in [0.4, 0.5) is 0 Å². The summed E-state index contributed by atoms with van der Waals surface area (Å²) in [4.78, 5) is 0. The largest absolute Gasteiger partial charge is 0.376 e. The summed E-state index contributed by atoms with van der Waals surface area (Å²) >= 11 is 0. The van der Waals surface area contributed by atoms with Crippen molar-refractivity contribution in [1.29, 1.82) is 0 Å². The highest BCUT2D eigenvalue weighted by Gasteiger charge is 2.24. The summed E-state index contributed by atoms with van der Waals surface area (Å²) < 4.78 is 21.8. The van der Waals surface area contributed by atoms with E-state index in [9.17, 15) is 0 Å². The molecule has 106 valence electrons. The topological polar surface area (TPSA) is 43.5 Å². The molecule has 0 aromatic heterocycles. The monoisotopic (exact) mass is 258 g/mol. The van der Waals surface area contributed by atoms with Crippen molar-refractivity contribution in [3.8, 4) is 0 Å². The molecule has 0 radical (unpaired) electrons. The van der Waals surface area contributed by atoms with Crippen LogP contribution in [0.25, 0.3) is 0 Å². The van der Waals surface area contributed by atoms with E-state index in [1.165, 1.54) is 0 Å². The molecule has 4 atom stereocenters. The number of hydrogen-bond acceptors (Lipinski definition) is 4. The van der Waals surface area contributed by atoms with Crippen molar-refractivity contribution in [2.75, 3.05) is 26.4 Å². The molecular formula is C14H26O4. The number of hydrogen-bond donors (Lipinski definition) is 0. The lowest BCUT2D eigenvalue weighted by Gasteiger charge is -2.17. The lowest BCUT2D eigenvalue weighted by molar-refractivity contribution is 0.0226. The minimum atomic E-state index is 0.332. The van der Waals surface area contributed by atoms with Crippen molar-refractivity contribution in [2.45, 2.75) is 63.9 Å². The first-order valence-electron chi connectivity index (χ1n) is 7.24. The van der Waals surface area contributed by atoms with Gasteiger partial charge in [0.25, 0.3) is 0 Å². The first kappa shape index (κ1) is 14.3. The molecule has 2 fully saturated rings. The van der Waals surface area contributed by atoms with Crippen LogP contribution in [0.15, 0.2) is 0 Å². The summed E-state index contributed by atoms with van der Waals surface area (Å²) in [5.74, 6) is 0. The van der Waals surface area contributed by atoms with Crippen LogP contribution < -0.4 is 0 Å². The van der Waals surface area contributed by atoms with Crippen molar-refractivity contribution in [3.05, 3.63) is 0 Å². The van der Waals surface area contributed by atoms with Crippen molar-refractivity contribution in [3.63, 3.8) is 0 Å². The third-order valence-electron chi connectivity index (χ3n) is 3.48. The maximum Gasteiger partial charge on any atom is 0.104 e. The minimum absolute atomic E-state index is 0.332. The molecule has 0 spiro atoms. The van der Waals surface area contributed by atoms with Gasteiger partial charge in [0.1, 0.15) is 12.2 Å². The summed E-state index contributed by atoms with van der Waals surface area (Å²) in [6.45, 7) is 7.61. The fourth-order valence-corrected chi connectivity index (χ4v) is 1.97. The summed E-state index contributed by atoms with van der Waals surface area (Å²) in [6.07, 6.45) is 5.93. The summed E-state index contributed by atoms with van der Waals surface area (Å²) in [6, 6.07) is 0. The molecule has 0 bridgehead atoms. The van der Waals surface area contributed by atoms with Gasteiger partial charge in [0.05, 0.1) is 38.6 Å². The molecule has 4 heteroatoms. The molecule has 2 saturated heterocycles. The van der Waals surface area contributed by atoms with Crippen LogP contribution in [0, 0.1) is 0 Å². The molecule has 0 N–H and O–H groups in total. The Morgan fingerprint density at radius 3 is 2.22 bits per heavy atom.